The van der Waals surface area contributed by atoms with E-state index < -0.39 is 0 Å². The number of hydrogen-bond donors (Lipinski definition) is 1. The molecule has 2 aromatic rings. The molecule has 0 spiro atoms. The first-order valence-corrected chi connectivity index (χ1v) is 6.45. The van der Waals surface area contributed by atoms with Crippen LogP contribution in [0.25, 0.3) is 10.9 Å². The lowest BCUT2D eigenvalue weighted by Crippen LogP contribution is -2.30. The predicted molar refractivity (Wildman–Crippen MR) is 74.6 cm³/mol. The average molecular weight is 255 g/mol. The lowest BCUT2D eigenvalue weighted by atomic mass is 9.99. The molecule has 4 nitrogen and oxygen atoms in total. The molecule has 1 amide bonds. The van der Waals surface area contributed by atoms with Crippen LogP contribution < -0.4 is 5.73 Å². The lowest BCUT2D eigenvalue weighted by Gasteiger charge is -2.23. The molecule has 1 fully saturated rings. The number of carbonyl (C=O) groups excluding carboxylic acids is 1. The molecular weight excluding hydrogens is 238 g/mol. The van der Waals surface area contributed by atoms with Crippen LogP contribution in [0, 0.1) is 6.92 Å². The Kier molecular flexibility index (Phi) is 2.75. The van der Waals surface area contributed by atoms with E-state index in [9.17, 15) is 4.79 Å². The highest BCUT2D eigenvalue weighted by molar-refractivity contribution is 5.82. The quantitative estimate of drug-likeness (QED) is 0.845. The Bertz CT molecular complexity index is 653. The summed E-state index contributed by atoms with van der Waals surface area (Å²) in [6.07, 6.45) is 0.422. The summed E-state index contributed by atoms with van der Waals surface area (Å²) < 4.78 is 0. The zero-order chi connectivity index (χ0) is 13.6. The number of amides is 1. The molecule has 1 saturated heterocycles. The van der Waals surface area contributed by atoms with Crippen molar-refractivity contribution in [3.63, 3.8) is 0 Å². The van der Waals surface area contributed by atoms with Gasteiger partial charge in [0, 0.05) is 30.6 Å². The van der Waals surface area contributed by atoms with E-state index in [1.54, 1.807) is 4.90 Å². The number of rotatable bonds is 1. The molecular formula is C15H17N3O. The van der Waals surface area contributed by atoms with Crippen LogP contribution in [0.3, 0.4) is 0 Å². The first-order chi connectivity index (χ1) is 9.06. The minimum atomic E-state index is -0.131. The number of nitrogens with two attached hydrogens (primary N) is 1. The van der Waals surface area contributed by atoms with Crippen molar-refractivity contribution in [2.45, 2.75) is 25.4 Å². The largest absolute Gasteiger partial charge is 0.337 e. The summed E-state index contributed by atoms with van der Waals surface area (Å²) in [6.45, 7) is 1.98. The molecule has 0 aliphatic carbocycles. The molecule has 2 atom stereocenters. The van der Waals surface area contributed by atoms with Gasteiger partial charge in [0.2, 0.25) is 5.91 Å². The molecule has 19 heavy (non-hydrogen) atoms. The number of fused-ring (bicyclic) bond motifs is 1. The fourth-order valence-corrected chi connectivity index (χ4v) is 2.80. The summed E-state index contributed by atoms with van der Waals surface area (Å²) in [4.78, 5) is 17.9. The van der Waals surface area contributed by atoms with E-state index in [0.717, 1.165) is 22.2 Å². The number of benzene rings is 1. The third-order valence-corrected chi connectivity index (χ3v) is 3.82. The third-order valence-electron chi connectivity index (χ3n) is 3.82. The van der Waals surface area contributed by atoms with Gasteiger partial charge in [-0.15, -0.1) is 0 Å². The number of pyridine rings is 1. The van der Waals surface area contributed by atoms with E-state index >= 15 is 0 Å². The molecule has 0 bridgehead atoms. The second-order valence-electron chi connectivity index (χ2n) is 5.22. The molecule has 4 heteroatoms. The molecule has 1 aliphatic heterocycles. The predicted octanol–water partition coefficient (Wildman–Crippen LogP) is 1.77. The monoisotopic (exact) mass is 255 g/mol. The van der Waals surface area contributed by atoms with Gasteiger partial charge in [0.25, 0.3) is 0 Å². The summed E-state index contributed by atoms with van der Waals surface area (Å²) in [5.41, 5.74) is 9.15. The third kappa shape index (κ3) is 1.98. The van der Waals surface area contributed by atoms with Crippen molar-refractivity contribution in [2.24, 2.45) is 5.73 Å². The van der Waals surface area contributed by atoms with Crippen LogP contribution >= 0.6 is 0 Å². The van der Waals surface area contributed by atoms with E-state index in [2.05, 4.69) is 17.1 Å². The standard InChI is InChI=1S/C15H17N3O/c1-9-3-4-10-7-11(5-6-13(10)17-9)15-12(16)8-14(19)18(15)2/h3-7,12,15H,8,16H2,1-2H3. The fraction of sp³-hybridized carbons (Fsp3) is 0.333. The maximum atomic E-state index is 11.7. The van der Waals surface area contributed by atoms with Gasteiger partial charge in [0.1, 0.15) is 0 Å². The number of carbonyl (C=O) groups is 1. The van der Waals surface area contributed by atoms with Crippen LogP contribution in [0.1, 0.15) is 23.7 Å². The van der Waals surface area contributed by atoms with Crippen molar-refractivity contribution >= 4 is 16.8 Å². The number of likely N-dealkylation sites (N-methyl/N-ethyl adjacent to an activating group) is 1. The smallest absolute Gasteiger partial charge is 0.224 e. The van der Waals surface area contributed by atoms with Crippen LogP contribution in [-0.2, 0) is 4.79 Å². The van der Waals surface area contributed by atoms with Crippen molar-refractivity contribution in [1.29, 1.82) is 0 Å². The van der Waals surface area contributed by atoms with Gasteiger partial charge in [-0.2, -0.15) is 0 Å². The zero-order valence-electron chi connectivity index (χ0n) is 11.1. The van der Waals surface area contributed by atoms with Gasteiger partial charge in [-0.3, -0.25) is 9.78 Å². The van der Waals surface area contributed by atoms with Crippen molar-refractivity contribution in [3.05, 3.63) is 41.6 Å². The highest BCUT2D eigenvalue weighted by Crippen LogP contribution is 2.31. The van der Waals surface area contributed by atoms with Crippen LogP contribution in [0.15, 0.2) is 30.3 Å². The van der Waals surface area contributed by atoms with Gasteiger partial charge in [-0.05, 0) is 30.7 Å². The van der Waals surface area contributed by atoms with Gasteiger partial charge in [0.15, 0.2) is 0 Å². The van der Waals surface area contributed by atoms with E-state index in [0.29, 0.717) is 6.42 Å². The molecule has 0 saturated carbocycles. The SMILES string of the molecule is Cc1ccc2cc(C3C(N)CC(=O)N3C)ccc2n1. The number of hydrogen-bond acceptors (Lipinski definition) is 3. The molecule has 2 unspecified atom stereocenters. The van der Waals surface area contributed by atoms with Crippen LogP contribution in [-0.4, -0.2) is 28.9 Å². The topological polar surface area (TPSA) is 59.2 Å². The molecule has 1 aromatic heterocycles. The maximum absolute atomic E-state index is 11.7. The van der Waals surface area contributed by atoms with E-state index in [-0.39, 0.29) is 18.0 Å². The first kappa shape index (κ1) is 12.1. The Morgan fingerprint density at radius 1 is 1.32 bits per heavy atom. The number of aromatic nitrogens is 1. The second kappa shape index (κ2) is 4.31. The molecule has 2 heterocycles. The lowest BCUT2D eigenvalue weighted by molar-refractivity contribution is -0.127. The summed E-state index contributed by atoms with van der Waals surface area (Å²) in [6, 6.07) is 10.0. The highest BCUT2D eigenvalue weighted by atomic mass is 16.2. The van der Waals surface area contributed by atoms with Gasteiger partial charge >= 0.3 is 0 Å². The van der Waals surface area contributed by atoms with Gasteiger partial charge in [-0.25, -0.2) is 0 Å². The van der Waals surface area contributed by atoms with Crippen molar-refractivity contribution in [2.75, 3.05) is 7.05 Å². The molecule has 3 rings (SSSR count). The first-order valence-electron chi connectivity index (χ1n) is 6.45. The Morgan fingerprint density at radius 3 is 2.79 bits per heavy atom. The second-order valence-corrected chi connectivity index (χ2v) is 5.22. The van der Waals surface area contributed by atoms with Gasteiger partial charge < -0.3 is 10.6 Å². The number of aryl methyl sites for hydroxylation is 1. The molecule has 0 radical (unpaired) electrons. The van der Waals surface area contributed by atoms with Crippen molar-refractivity contribution < 1.29 is 4.79 Å². The Morgan fingerprint density at radius 2 is 2.11 bits per heavy atom. The van der Waals surface area contributed by atoms with Crippen LogP contribution in [0.4, 0.5) is 0 Å². The van der Waals surface area contributed by atoms with Crippen molar-refractivity contribution in [3.8, 4) is 0 Å². The van der Waals surface area contributed by atoms with Gasteiger partial charge in [0.05, 0.1) is 11.6 Å². The summed E-state index contributed by atoms with van der Waals surface area (Å²) in [5, 5.41) is 1.09. The Hall–Kier alpha value is -1.94. The number of likely N-dealkylation sites (tertiary alicyclic amines) is 1. The average Bonchev–Trinajstić information content (AvgIpc) is 2.63. The summed E-state index contributed by atoms with van der Waals surface area (Å²) >= 11 is 0. The Balaban J connectivity index is 2.06. The molecule has 98 valence electrons. The summed E-state index contributed by atoms with van der Waals surface area (Å²) in [7, 11) is 1.82. The normalized spacial score (nSPS) is 23.3. The van der Waals surface area contributed by atoms with Crippen molar-refractivity contribution in [1.82, 2.24) is 9.88 Å². The molecule has 2 N–H and O–H groups in total. The van der Waals surface area contributed by atoms with E-state index in [4.69, 9.17) is 5.73 Å². The van der Waals surface area contributed by atoms with Gasteiger partial charge in [-0.1, -0.05) is 12.1 Å². The zero-order valence-corrected chi connectivity index (χ0v) is 11.1. The Labute approximate surface area is 112 Å². The highest BCUT2D eigenvalue weighted by Gasteiger charge is 2.36. The van der Waals surface area contributed by atoms with Crippen LogP contribution in [0.2, 0.25) is 0 Å². The fourth-order valence-electron chi connectivity index (χ4n) is 2.80. The minimum absolute atomic E-state index is 0.0294. The maximum Gasteiger partial charge on any atom is 0.224 e. The minimum Gasteiger partial charge on any atom is -0.337 e. The van der Waals surface area contributed by atoms with Crippen LogP contribution in [0.5, 0.6) is 0 Å². The molecule has 1 aromatic carbocycles. The molecule has 1 aliphatic rings. The number of nitrogens with zero attached hydrogens (tertiary/aromatic N) is 2. The van der Waals surface area contributed by atoms with E-state index in [1.165, 1.54) is 0 Å². The van der Waals surface area contributed by atoms with E-state index in [1.807, 2.05) is 32.2 Å². The summed E-state index contributed by atoms with van der Waals surface area (Å²) in [5.74, 6) is 0.111.